The third-order valence-corrected chi connectivity index (χ3v) is 3.47. The molecule has 102 valence electrons. The van der Waals surface area contributed by atoms with Gasteiger partial charge in [-0.1, -0.05) is 11.8 Å². The van der Waals surface area contributed by atoms with Gasteiger partial charge in [-0.15, -0.1) is 0 Å². The van der Waals surface area contributed by atoms with Crippen molar-refractivity contribution in [3.63, 3.8) is 0 Å². The maximum Gasteiger partial charge on any atom is 0.284 e. The van der Waals surface area contributed by atoms with Crippen molar-refractivity contribution < 1.29 is 17.9 Å². The van der Waals surface area contributed by atoms with E-state index < -0.39 is 5.76 Å². The molecule has 0 radical (unpaired) electrons. The highest BCUT2D eigenvalue weighted by Crippen LogP contribution is 2.21. The molecule has 0 unspecified atom stereocenters. The second kappa shape index (κ2) is 7.11. The standard InChI is InChI=1S/C12H17F2NO2S/c13-12(14)18-8-11-4-3-10(17-11)7-15-6-9-2-1-5-16-9/h3-4,9,12,15H,1-2,5-8H2/t9-/m0/s1. The third-order valence-electron chi connectivity index (χ3n) is 2.76. The van der Waals surface area contributed by atoms with Gasteiger partial charge in [0.05, 0.1) is 18.4 Å². The van der Waals surface area contributed by atoms with Gasteiger partial charge < -0.3 is 14.5 Å². The largest absolute Gasteiger partial charge is 0.464 e. The number of thioether (sulfide) groups is 1. The molecule has 2 rings (SSSR count). The number of hydrogen-bond donors (Lipinski definition) is 1. The van der Waals surface area contributed by atoms with Crippen LogP contribution in [-0.4, -0.2) is 25.0 Å². The summed E-state index contributed by atoms with van der Waals surface area (Å²) in [4.78, 5) is 0. The fraction of sp³-hybridized carbons (Fsp3) is 0.667. The Morgan fingerprint density at radius 1 is 1.39 bits per heavy atom. The van der Waals surface area contributed by atoms with Gasteiger partial charge in [-0.3, -0.25) is 0 Å². The lowest BCUT2D eigenvalue weighted by Gasteiger charge is -2.09. The van der Waals surface area contributed by atoms with Gasteiger partial charge in [-0.05, 0) is 25.0 Å². The number of hydrogen-bond acceptors (Lipinski definition) is 4. The van der Waals surface area contributed by atoms with Crippen LogP contribution in [0.25, 0.3) is 0 Å². The molecule has 2 heterocycles. The van der Waals surface area contributed by atoms with Crippen LogP contribution < -0.4 is 5.32 Å². The molecule has 1 fully saturated rings. The summed E-state index contributed by atoms with van der Waals surface area (Å²) in [6.07, 6.45) is 2.53. The van der Waals surface area contributed by atoms with Crippen LogP contribution in [0.1, 0.15) is 24.4 Å². The Morgan fingerprint density at radius 2 is 2.22 bits per heavy atom. The minimum atomic E-state index is -2.35. The van der Waals surface area contributed by atoms with Gasteiger partial charge in [-0.2, -0.15) is 8.78 Å². The summed E-state index contributed by atoms with van der Waals surface area (Å²) in [5, 5.41) is 3.25. The molecule has 18 heavy (non-hydrogen) atoms. The number of halogens is 2. The number of alkyl halides is 2. The second-order valence-corrected chi connectivity index (χ2v) is 5.18. The molecule has 0 bridgehead atoms. The minimum absolute atomic E-state index is 0.212. The summed E-state index contributed by atoms with van der Waals surface area (Å²) in [7, 11) is 0. The first-order chi connectivity index (χ1) is 8.74. The summed E-state index contributed by atoms with van der Waals surface area (Å²) >= 11 is 0.574. The molecule has 3 nitrogen and oxygen atoms in total. The second-order valence-electron chi connectivity index (χ2n) is 4.21. The molecule has 1 aliphatic rings. The van der Waals surface area contributed by atoms with Gasteiger partial charge in [0.15, 0.2) is 0 Å². The van der Waals surface area contributed by atoms with Crippen molar-refractivity contribution in [1.82, 2.24) is 5.32 Å². The first kappa shape index (κ1) is 13.8. The van der Waals surface area contributed by atoms with E-state index in [1.807, 2.05) is 6.07 Å². The Bertz CT molecular complexity index is 354. The zero-order valence-corrected chi connectivity index (χ0v) is 10.8. The lowest BCUT2D eigenvalue weighted by molar-refractivity contribution is 0.109. The molecule has 1 saturated heterocycles. The molecule has 0 aromatic carbocycles. The van der Waals surface area contributed by atoms with Gasteiger partial charge in [0, 0.05) is 13.2 Å². The van der Waals surface area contributed by atoms with Gasteiger partial charge in [0.2, 0.25) is 0 Å². The first-order valence-electron chi connectivity index (χ1n) is 6.03. The molecule has 1 aliphatic heterocycles. The Balaban J connectivity index is 1.66. The Labute approximate surface area is 109 Å². The van der Waals surface area contributed by atoms with Crippen molar-refractivity contribution in [1.29, 1.82) is 0 Å². The molecule has 0 aliphatic carbocycles. The Hall–Kier alpha value is -0.590. The van der Waals surface area contributed by atoms with Gasteiger partial charge in [0.25, 0.3) is 5.76 Å². The first-order valence-corrected chi connectivity index (χ1v) is 7.08. The normalized spacial score (nSPS) is 19.8. The topological polar surface area (TPSA) is 34.4 Å². The zero-order valence-electron chi connectivity index (χ0n) is 10.0. The van der Waals surface area contributed by atoms with Crippen LogP contribution in [0, 0.1) is 0 Å². The van der Waals surface area contributed by atoms with Crippen molar-refractivity contribution >= 4 is 11.8 Å². The third kappa shape index (κ3) is 4.59. The number of nitrogens with one attached hydrogen (secondary N) is 1. The van der Waals surface area contributed by atoms with E-state index in [1.54, 1.807) is 6.07 Å². The molecule has 0 saturated carbocycles. The maximum absolute atomic E-state index is 12.0. The van der Waals surface area contributed by atoms with Crippen LogP contribution in [0.2, 0.25) is 0 Å². The highest BCUT2D eigenvalue weighted by molar-refractivity contribution is 7.98. The van der Waals surface area contributed by atoms with E-state index in [-0.39, 0.29) is 5.75 Å². The molecule has 1 N–H and O–H groups in total. The van der Waals surface area contributed by atoms with Crippen LogP contribution >= 0.6 is 11.8 Å². The highest BCUT2D eigenvalue weighted by atomic mass is 32.2. The van der Waals surface area contributed by atoms with Gasteiger partial charge in [0.1, 0.15) is 11.5 Å². The molecule has 6 heteroatoms. The minimum Gasteiger partial charge on any atom is -0.464 e. The van der Waals surface area contributed by atoms with E-state index in [4.69, 9.17) is 9.15 Å². The summed E-state index contributed by atoms with van der Waals surface area (Å²) in [6, 6.07) is 3.57. The van der Waals surface area contributed by atoms with E-state index in [0.717, 1.165) is 31.8 Å². The molecule has 0 spiro atoms. The van der Waals surface area contributed by atoms with E-state index in [1.165, 1.54) is 0 Å². The smallest absolute Gasteiger partial charge is 0.284 e. The van der Waals surface area contributed by atoms with Crippen LogP contribution in [0.5, 0.6) is 0 Å². The average molecular weight is 277 g/mol. The monoisotopic (exact) mass is 277 g/mol. The van der Waals surface area contributed by atoms with Crippen LogP contribution in [-0.2, 0) is 17.0 Å². The van der Waals surface area contributed by atoms with Crippen LogP contribution in [0.4, 0.5) is 8.78 Å². The van der Waals surface area contributed by atoms with Crippen molar-refractivity contribution in [3.05, 3.63) is 23.7 Å². The summed E-state index contributed by atoms with van der Waals surface area (Å²) in [5.74, 6) is -0.771. The number of rotatable bonds is 7. The van der Waals surface area contributed by atoms with Crippen LogP contribution in [0.3, 0.4) is 0 Å². The van der Waals surface area contributed by atoms with E-state index in [2.05, 4.69) is 5.32 Å². The van der Waals surface area contributed by atoms with Gasteiger partial charge in [-0.25, -0.2) is 0 Å². The van der Waals surface area contributed by atoms with E-state index in [0.29, 0.717) is 30.2 Å². The highest BCUT2D eigenvalue weighted by Gasteiger charge is 2.14. The fourth-order valence-electron chi connectivity index (χ4n) is 1.90. The van der Waals surface area contributed by atoms with Gasteiger partial charge >= 0.3 is 0 Å². The summed E-state index contributed by atoms with van der Waals surface area (Å²) in [5.41, 5.74) is 0. The Kier molecular flexibility index (Phi) is 5.46. The lowest BCUT2D eigenvalue weighted by Crippen LogP contribution is -2.25. The predicted octanol–water partition coefficient (Wildman–Crippen LogP) is 3.00. The van der Waals surface area contributed by atoms with Crippen LogP contribution in [0.15, 0.2) is 16.5 Å². The summed E-state index contributed by atoms with van der Waals surface area (Å²) < 4.78 is 34.9. The SMILES string of the molecule is FC(F)SCc1ccc(CNC[C@@H]2CCCO2)o1. The molecular weight excluding hydrogens is 260 g/mol. The van der Waals surface area contributed by atoms with Crippen molar-refractivity contribution in [2.45, 2.75) is 37.0 Å². The number of ether oxygens (including phenoxy) is 1. The molecular formula is C12H17F2NO2S. The summed E-state index contributed by atoms with van der Waals surface area (Å²) in [6.45, 7) is 2.27. The molecule has 1 aromatic rings. The number of furan rings is 1. The predicted molar refractivity (Wildman–Crippen MR) is 66.7 cm³/mol. The van der Waals surface area contributed by atoms with Crippen molar-refractivity contribution in [2.75, 3.05) is 13.2 Å². The van der Waals surface area contributed by atoms with E-state index >= 15 is 0 Å². The Morgan fingerprint density at radius 3 is 2.94 bits per heavy atom. The average Bonchev–Trinajstić information content (AvgIpc) is 2.97. The van der Waals surface area contributed by atoms with Crippen molar-refractivity contribution in [2.24, 2.45) is 0 Å². The van der Waals surface area contributed by atoms with E-state index in [9.17, 15) is 8.78 Å². The fourth-order valence-corrected chi connectivity index (χ4v) is 2.35. The molecule has 0 amide bonds. The molecule has 1 atom stereocenters. The zero-order chi connectivity index (χ0) is 12.8. The quantitative estimate of drug-likeness (QED) is 0.831. The lowest BCUT2D eigenvalue weighted by atomic mass is 10.2. The maximum atomic E-state index is 12.0. The van der Waals surface area contributed by atoms with Crippen molar-refractivity contribution in [3.8, 4) is 0 Å². The molecule has 1 aromatic heterocycles.